The molecule has 0 aromatic heterocycles. The first-order valence-corrected chi connectivity index (χ1v) is 3.56. The molecular weight excluding hydrogens is 170 g/mol. The fraction of sp³-hybridized carbons (Fsp3) is 0.833. The standard InChI is InChI=1S/C6H10F2N2O2/c7-6(8)1-2-10(5(11)12)4(6)3-9/h4H,1-3,9H2,(H,11,12). The second kappa shape index (κ2) is 2.85. The zero-order chi connectivity index (χ0) is 9.35. The number of amides is 1. The number of carbonyl (C=O) groups is 1. The third-order valence-electron chi connectivity index (χ3n) is 2.02. The van der Waals surface area contributed by atoms with Crippen molar-refractivity contribution in [2.45, 2.75) is 18.4 Å². The molecule has 1 unspecified atom stereocenters. The maximum atomic E-state index is 12.8. The summed E-state index contributed by atoms with van der Waals surface area (Å²) >= 11 is 0. The van der Waals surface area contributed by atoms with Crippen molar-refractivity contribution in [1.82, 2.24) is 4.90 Å². The van der Waals surface area contributed by atoms with E-state index in [0.717, 1.165) is 0 Å². The minimum atomic E-state index is -2.97. The van der Waals surface area contributed by atoms with E-state index in [-0.39, 0.29) is 13.1 Å². The predicted molar refractivity (Wildman–Crippen MR) is 37.1 cm³/mol. The number of hydrogen-bond acceptors (Lipinski definition) is 2. The lowest BCUT2D eigenvalue weighted by molar-refractivity contribution is -0.0264. The van der Waals surface area contributed by atoms with Crippen LogP contribution in [0.3, 0.4) is 0 Å². The van der Waals surface area contributed by atoms with Crippen LogP contribution in [0.1, 0.15) is 6.42 Å². The molecule has 0 aromatic rings. The molecule has 1 atom stereocenters. The number of rotatable bonds is 1. The Bertz CT molecular complexity index is 198. The molecule has 0 bridgehead atoms. The quantitative estimate of drug-likeness (QED) is 0.611. The summed E-state index contributed by atoms with van der Waals surface area (Å²) < 4.78 is 25.7. The molecule has 0 spiro atoms. The van der Waals surface area contributed by atoms with Crippen LogP contribution in [0.2, 0.25) is 0 Å². The van der Waals surface area contributed by atoms with E-state index in [1.165, 1.54) is 0 Å². The van der Waals surface area contributed by atoms with Crippen molar-refractivity contribution >= 4 is 6.09 Å². The average molecular weight is 180 g/mol. The van der Waals surface area contributed by atoms with Crippen molar-refractivity contribution in [3.8, 4) is 0 Å². The van der Waals surface area contributed by atoms with Gasteiger partial charge in [0.1, 0.15) is 6.04 Å². The summed E-state index contributed by atoms with van der Waals surface area (Å²) in [6, 6.07) is -1.35. The second-order valence-electron chi connectivity index (χ2n) is 2.74. The first-order chi connectivity index (χ1) is 5.49. The van der Waals surface area contributed by atoms with E-state index in [0.29, 0.717) is 4.90 Å². The minimum Gasteiger partial charge on any atom is -0.465 e. The molecule has 4 nitrogen and oxygen atoms in total. The van der Waals surface area contributed by atoms with Crippen LogP contribution >= 0.6 is 0 Å². The van der Waals surface area contributed by atoms with E-state index >= 15 is 0 Å². The number of likely N-dealkylation sites (tertiary alicyclic amines) is 1. The number of carboxylic acid groups (broad SMARTS) is 1. The lowest BCUT2D eigenvalue weighted by atomic mass is 10.1. The molecule has 1 heterocycles. The number of halogens is 2. The smallest absolute Gasteiger partial charge is 0.407 e. The first-order valence-electron chi connectivity index (χ1n) is 3.56. The summed E-state index contributed by atoms with van der Waals surface area (Å²) in [5.41, 5.74) is 5.05. The topological polar surface area (TPSA) is 66.6 Å². The summed E-state index contributed by atoms with van der Waals surface area (Å²) in [7, 11) is 0. The Kier molecular flexibility index (Phi) is 2.18. The van der Waals surface area contributed by atoms with Gasteiger partial charge in [0.05, 0.1) is 0 Å². The summed E-state index contributed by atoms with van der Waals surface area (Å²) in [5.74, 6) is -2.97. The van der Waals surface area contributed by atoms with Gasteiger partial charge in [0, 0.05) is 19.5 Å². The van der Waals surface area contributed by atoms with Crippen LogP contribution < -0.4 is 5.73 Å². The monoisotopic (exact) mass is 180 g/mol. The van der Waals surface area contributed by atoms with Crippen LogP contribution in [0.5, 0.6) is 0 Å². The van der Waals surface area contributed by atoms with Crippen LogP contribution in [-0.4, -0.2) is 41.2 Å². The van der Waals surface area contributed by atoms with Crippen molar-refractivity contribution in [2.75, 3.05) is 13.1 Å². The number of hydrogen-bond donors (Lipinski definition) is 2. The number of nitrogens with two attached hydrogens (primary N) is 1. The average Bonchev–Trinajstić information content (AvgIpc) is 2.24. The van der Waals surface area contributed by atoms with E-state index in [9.17, 15) is 13.6 Å². The molecule has 0 aliphatic carbocycles. The van der Waals surface area contributed by atoms with Crippen molar-refractivity contribution in [3.63, 3.8) is 0 Å². The van der Waals surface area contributed by atoms with E-state index in [1.54, 1.807) is 0 Å². The van der Waals surface area contributed by atoms with Gasteiger partial charge in [0.15, 0.2) is 0 Å². The van der Waals surface area contributed by atoms with Gasteiger partial charge < -0.3 is 10.8 Å². The molecule has 1 aliphatic heterocycles. The van der Waals surface area contributed by atoms with Gasteiger partial charge in [-0.3, -0.25) is 4.90 Å². The molecule has 0 radical (unpaired) electrons. The SMILES string of the molecule is NCC1N(C(=O)O)CCC1(F)F. The molecule has 70 valence electrons. The second-order valence-corrected chi connectivity index (χ2v) is 2.74. The Morgan fingerprint density at radius 1 is 1.75 bits per heavy atom. The molecule has 1 aliphatic rings. The lowest BCUT2D eigenvalue weighted by Gasteiger charge is -2.23. The maximum Gasteiger partial charge on any atom is 0.407 e. The maximum absolute atomic E-state index is 12.8. The Labute approximate surface area is 67.9 Å². The lowest BCUT2D eigenvalue weighted by Crippen LogP contribution is -2.46. The molecule has 3 N–H and O–H groups in total. The van der Waals surface area contributed by atoms with Gasteiger partial charge in [-0.1, -0.05) is 0 Å². The van der Waals surface area contributed by atoms with Crippen LogP contribution in [0.15, 0.2) is 0 Å². The van der Waals surface area contributed by atoms with Gasteiger partial charge in [-0.2, -0.15) is 0 Å². The minimum absolute atomic E-state index is 0.135. The van der Waals surface area contributed by atoms with Crippen molar-refractivity contribution in [1.29, 1.82) is 0 Å². The Balaban J connectivity index is 2.76. The van der Waals surface area contributed by atoms with Gasteiger partial charge in [0.2, 0.25) is 0 Å². The first kappa shape index (κ1) is 9.18. The molecular formula is C6H10F2N2O2. The largest absolute Gasteiger partial charge is 0.465 e. The highest BCUT2D eigenvalue weighted by molar-refractivity contribution is 5.66. The van der Waals surface area contributed by atoms with Crippen LogP contribution in [0.4, 0.5) is 13.6 Å². The number of nitrogens with zero attached hydrogens (tertiary/aromatic N) is 1. The van der Waals surface area contributed by atoms with Crippen molar-refractivity contribution in [3.05, 3.63) is 0 Å². The van der Waals surface area contributed by atoms with Crippen LogP contribution in [-0.2, 0) is 0 Å². The summed E-state index contributed by atoms with van der Waals surface area (Å²) in [6.07, 6.45) is -1.76. The fourth-order valence-corrected chi connectivity index (χ4v) is 1.35. The highest BCUT2D eigenvalue weighted by Gasteiger charge is 2.49. The van der Waals surface area contributed by atoms with E-state index < -0.39 is 24.5 Å². The predicted octanol–water partition coefficient (Wildman–Crippen LogP) is 0.333. The molecule has 1 rings (SSSR count). The van der Waals surface area contributed by atoms with Gasteiger partial charge in [-0.25, -0.2) is 13.6 Å². The van der Waals surface area contributed by atoms with Gasteiger partial charge in [-0.05, 0) is 0 Å². The van der Waals surface area contributed by atoms with E-state index in [1.807, 2.05) is 0 Å². The zero-order valence-electron chi connectivity index (χ0n) is 6.33. The normalized spacial score (nSPS) is 27.6. The van der Waals surface area contributed by atoms with Crippen molar-refractivity contribution in [2.24, 2.45) is 5.73 Å². The molecule has 0 saturated carbocycles. The molecule has 0 aromatic carbocycles. The van der Waals surface area contributed by atoms with E-state index in [2.05, 4.69) is 0 Å². The van der Waals surface area contributed by atoms with Crippen molar-refractivity contribution < 1.29 is 18.7 Å². The Morgan fingerprint density at radius 2 is 2.33 bits per heavy atom. The number of alkyl halides is 2. The van der Waals surface area contributed by atoms with Crippen LogP contribution in [0.25, 0.3) is 0 Å². The highest BCUT2D eigenvalue weighted by atomic mass is 19.3. The van der Waals surface area contributed by atoms with Gasteiger partial charge >= 0.3 is 6.09 Å². The Morgan fingerprint density at radius 3 is 2.67 bits per heavy atom. The molecule has 1 saturated heterocycles. The highest BCUT2D eigenvalue weighted by Crippen LogP contribution is 2.33. The fourth-order valence-electron chi connectivity index (χ4n) is 1.35. The Hall–Kier alpha value is -0.910. The van der Waals surface area contributed by atoms with Gasteiger partial charge in [0.25, 0.3) is 5.92 Å². The zero-order valence-corrected chi connectivity index (χ0v) is 6.33. The third-order valence-corrected chi connectivity index (χ3v) is 2.02. The van der Waals surface area contributed by atoms with Crippen LogP contribution in [0, 0.1) is 0 Å². The molecule has 12 heavy (non-hydrogen) atoms. The molecule has 1 amide bonds. The summed E-state index contributed by atoms with van der Waals surface area (Å²) in [4.78, 5) is 11.1. The van der Waals surface area contributed by atoms with Gasteiger partial charge in [-0.15, -0.1) is 0 Å². The summed E-state index contributed by atoms with van der Waals surface area (Å²) in [5, 5.41) is 8.48. The van der Waals surface area contributed by atoms with E-state index in [4.69, 9.17) is 10.8 Å². The molecule has 1 fully saturated rings. The third kappa shape index (κ3) is 1.34. The summed E-state index contributed by atoms with van der Waals surface area (Å²) in [6.45, 7) is -0.469. The molecule has 6 heteroatoms.